The quantitative estimate of drug-likeness (QED) is 0.680. The van der Waals surface area contributed by atoms with Crippen LogP contribution in [0, 0.1) is 11.8 Å². The van der Waals surface area contributed by atoms with Gasteiger partial charge in [-0.15, -0.1) is 0 Å². The second-order valence-corrected chi connectivity index (χ2v) is 6.50. The average molecular weight is 243 g/mol. The van der Waals surface area contributed by atoms with E-state index in [1.807, 2.05) is 0 Å². The maximum atomic E-state index is 3.53. The molecular formula is C14H29NS. The van der Waals surface area contributed by atoms with Gasteiger partial charge in [-0.05, 0) is 56.1 Å². The third-order valence-corrected chi connectivity index (χ3v) is 4.93. The molecule has 96 valence electrons. The lowest BCUT2D eigenvalue weighted by Gasteiger charge is -2.36. The van der Waals surface area contributed by atoms with Gasteiger partial charge in [-0.2, -0.15) is 11.8 Å². The van der Waals surface area contributed by atoms with E-state index in [1.165, 1.54) is 50.0 Å². The van der Waals surface area contributed by atoms with Crippen LogP contribution in [0.4, 0.5) is 0 Å². The van der Waals surface area contributed by atoms with Crippen LogP contribution in [0.1, 0.15) is 52.4 Å². The molecule has 1 saturated carbocycles. The first-order valence-corrected chi connectivity index (χ1v) is 8.22. The maximum Gasteiger partial charge on any atom is 0.00928 e. The first-order chi connectivity index (χ1) is 7.81. The van der Waals surface area contributed by atoms with Crippen LogP contribution in [0.5, 0.6) is 0 Å². The van der Waals surface area contributed by atoms with Crippen LogP contribution in [-0.4, -0.2) is 24.6 Å². The van der Waals surface area contributed by atoms with E-state index in [0.717, 1.165) is 17.9 Å². The Bertz CT molecular complexity index is 172. The molecule has 0 spiro atoms. The monoisotopic (exact) mass is 243 g/mol. The van der Waals surface area contributed by atoms with Crippen molar-refractivity contribution >= 4 is 11.8 Å². The highest BCUT2D eigenvalue weighted by molar-refractivity contribution is 7.99. The van der Waals surface area contributed by atoms with E-state index in [0.29, 0.717) is 0 Å². The van der Waals surface area contributed by atoms with Crippen molar-refractivity contribution < 1.29 is 0 Å². The Hall–Kier alpha value is 0.310. The summed E-state index contributed by atoms with van der Waals surface area (Å²) in [6.07, 6.45) is 8.58. The van der Waals surface area contributed by atoms with Crippen molar-refractivity contribution in [2.24, 2.45) is 11.8 Å². The lowest BCUT2D eigenvalue weighted by atomic mass is 9.75. The molecule has 0 aromatic heterocycles. The maximum absolute atomic E-state index is 3.53. The van der Waals surface area contributed by atoms with Crippen molar-refractivity contribution in [2.45, 2.75) is 58.4 Å². The van der Waals surface area contributed by atoms with Crippen LogP contribution < -0.4 is 5.32 Å². The van der Waals surface area contributed by atoms with Gasteiger partial charge in [0.25, 0.3) is 0 Å². The largest absolute Gasteiger partial charge is 0.317 e. The van der Waals surface area contributed by atoms with Crippen LogP contribution in [0.25, 0.3) is 0 Å². The van der Waals surface area contributed by atoms with Gasteiger partial charge < -0.3 is 5.32 Å². The average Bonchev–Trinajstić information content (AvgIpc) is 2.30. The first-order valence-electron chi connectivity index (χ1n) is 7.06. The lowest BCUT2D eigenvalue weighted by Crippen LogP contribution is -2.39. The molecule has 0 aliphatic heterocycles. The second kappa shape index (κ2) is 8.41. The molecular weight excluding hydrogens is 214 g/mol. The van der Waals surface area contributed by atoms with Gasteiger partial charge in [0.05, 0.1) is 0 Å². The number of hydrogen-bond acceptors (Lipinski definition) is 2. The topological polar surface area (TPSA) is 12.0 Å². The third-order valence-electron chi connectivity index (χ3n) is 4.00. The highest BCUT2D eigenvalue weighted by atomic mass is 32.2. The van der Waals surface area contributed by atoms with E-state index in [9.17, 15) is 0 Å². The van der Waals surface area contributed by atoms with Gasteiger partial charge in [-0.3, -0.25) is 0 Å². The van der Waals surface area contributed by atoms with Crippen molar-refractivity contribution in [3.05, 3.63) is 0 Å². The normalized spacial score (nSPS) is 30.6. The Kier molecular flexibility index (Phi) is 7.55. The summed E-state index contributed by atoms with van der Waals surface area (Å²) in [4.78, 5) is 0. The molecule has 0 radical (unpaired) electrons. The summed E-state index contributed by atoms with van der Waals surface area (Å²) in [5, 5.41) is 3.53. The minimum atomic E-state index is 0.797. The third kappa shape index (κ3) is 4.67. The van der Waals surface area contributed by atoms with E-state index < -0.39 is 0 Å². The van der Waals surface area contributed by atoms with Crippen LogP contribution in [0.2, 0.25) is 0 Å². The van der Waals surface area contributed by atoms with Gasteiger partial charge in [0, 0.05) is 6.04 Å². The summed E-state index contributed by atoms with van der Waals surface area (Å²) in [5.41, 5.74) is 0. The van der Waals surface area contributed by atoms with Crippen LogP contribution in [0.15, 0.2) is 0 Å². The molecule has 0 saturated heterocycles. The Labute approximate surface area is 106 Å². The first kappa shape index (κ1) is 14.4. The fourth-order valence-corrected chi connectivity index (χ4v) is 3.87. The molecule has 0 aromatic carbocycles. The molecule has 0 aromatic rings. The molecule has 3 atom stereocenters. The molecule has 1 fully saturated rings. The standard InChI is InChI=1S/C14H29NS/c1-4-6-12-7-8-14(15-3)13(11-12)9-10-16-5-2/h12-15H,4-11H2,1-3H3. The van der Waals surface area contributed by atoms with Crippen LogP contribution >= 0.6 is 11.8 Å². The van der Waals surface area contributed by atoms with Gasteiger partial charge >= 0.3 is 0 Å². The van der Waals surface area contributed by atoms with Gasteiger partial charge in [0.15, 0.2) is 0 Å². The molecule has 2 heteroatoms. The zero-order valence-corrected chi connectivity index (χ0v) is 12.1. The van der Waals surface area contributed by atoms with Crippen LogP contribution in [0.3, 0.4) is 0 Å². The Morgan fingerprint density at radius 2 is 2.00 bits per heavy atom. The number of rotatable bonds is 7. The summed E-state index contributed by atoms with van der Waals surface area (Å²) in [6, 6.07) is 0.797. The SMILES string of the molecule is CCCC1CCC(NC)C(CCSCC)C1. The minimum absolute atomic E-state index is 0.797. The van der Waals surface area contributed by atoms with Crippen molar-refractivity contribution in [2.75, 3.05) is 18.6 Å². The molecule has 1 nitrogen and oxygen atoms in total. The second-order valence-electron chi connectivity index (χ2n) is 5.11. The number of nitrogens with one attached hydrogen (secondary N) is 1. The number of thioether (sulfide) groups is 1. The summed E-state index contributed by atoms with van der Waals surface area (Å²) in [7, 11) is 2.14. The van der Waals surface area contributed by atoms with Crippen LogP contribution in [-0.2, 0) is 0 Å². The molecule has 1 N–H and O–H groups in total. The summed E-state index contributed by atoms with van der Waals surface area (Å²) in [5.74, 6) is 4.59. The van der Waals surface area contributed by atoms with Crippen molar-refractivity contribution in [3.8, 4) is 0 Å². The molecule has 1 aliphatic carbocycles. The molecule has 16 heavy (non-hydrogen) atoms. The molecule has 0 bridgehead atoms. The van der Waals surface area contributed by atoms with E-state index in [4.69, 9.17) is 0 Å². The van der Waals surface area contributed by atoms with Gasteiger partial charge in [-0.25, -0.2) is 0 Å². The highest BCUT2D eigenvalue weighted by Crippen LogP contribution is 2.34. The van der Waals surface area contributed by atoms with Gasteiger partial charge in [0.1, 0.15) is 0 Å². The van der Waals surface area contributed by atoms with Crippen molar-refractivity contribution in [1.82, 2.24) is 5.32 Å². The molecule has 0 heterocycles. The molecule has 3 unspecified atom stereocenters. The number of hydrogen-bond donors (Lipinski definition) is 1. The minimum Gasteiger partial charge on any atom is -0.317 e. The van der Waals surface area contributed by atoms with Gasteiger partial charge in [0.2, 0.25) is 0 Å². The fourth-order valence-electron chi connectivity index (χ4n) is 3.11. The predicted octanol–water partition coefficient (Wildman–Crippen LogP) is 3.93. The summed E-state index contributed by atoms with van der Waals surface area (Å²) < 4.78 is 0. The molecule has 1 aliphatic rings. The summed E-state index contributed by atoms with van der Waals surface area (Å²) >= 11 is 2.10. The Balaban J connectivity index is 2.34. The molecule has 1 rings (SSSR count). The lowest BCUT2D eigenvalue weighted by molar-refractivity contribution is 0.198. The Morgan fingerprint density at radius 1 is 1.19 bits per heavy atom. The fraction of sp³-hybridized carbons (Fsp3) is 1.00. The molecule has 0 amide bonds. The van der Waals surface area contributed by atoms with E-state index in [1.54, 1.807) is 0 Å². The van der Waals surface area contributed by atoms with Gasteiger partial charge in [-0.1, -0.05) is 26.7 Å². The van der Waals surface area contributed by atoms with E-state index >= 15 is 0 Å². The van der Waals surface area contributed by atoms with Crippen molar-refractivity contribution in [3.63, 3.8) is 0 Å². The summed E-state index contributed by atoms with van der Waals surface area (Å²) in [6.45, 7) is 4.59. The smallest absolute Gasteiger partial charge is 0.00928 e. The predicted molar refractivity (Wildman–Crippen MR) is 76.2 cm³/mol. The van der Waals surface area contributed by atoms with E-state index in [2.05, 4.69) is 38.0 Å². The Morgan fingerprint density at radius 3 is 2.62 bits per heavy atom. The zero-order chi connectivity index (χ0) is 11.8. The highest BCUT2D eigenvalue weighted by Gasteiger charge is 2.28. The zero-order valence-electron chi connectivity index (χ0n) is 11.3. The van der Waals surface area contributed by atoms with E-state index in [-0.39, 0.29) is 0 Å². The van der Waals surface area contributed by atoms with Crippen molar-refractivity contribution in [1.29, 1.82) is 0 Å².